The molecule has 1 fully saturated rings. The van der Waals surface area contributed by atoms with Gasteiger partial charge in [0.15, 0.2) is 0 Å². The first-order chi connectivity index (χ1) is 12.8. The average molecular weight is 347 g/mol. The van der Waals surface area contributed by atoms with Crippen LogP contribution in [-0.4, -0.2) is 33.4 Å². The van der Waals surface area contributed by atoms with E-state index in [1.54, 1.807) is 0 Å². The highest BCUT2D eigenvalue weighted by Crippen LogP contribution is 2.31. The van der Waals surface area contributed by atoms with Crippen molar-refractivity contribution in [3.63, 3.8) is 0 Å². The monoisotopic (exact) mass is 347 g/mol. The Kier molecular flexibility index (Phi) is 4.74. The number of hydrogen-bond acceptors (Lipinski definition) is 2. The molecule has 2 aromatic carbocycles. The van der Waals surface area contributed by atoms with Crippen LogP contribution in [0.5, 0.6) is 0 Å². The third kappa shape index (κ3) is 3.24. The van der Waals surface area contributed by atoms with Gasteiger partial charge in [0.05, 0.1) is 11.0 Å². The molecule has 4 nitrogen and oxygen atoms in total. The van der Waals surface area contributed by atoms with Gasteiger partial charge in [-0.15, -0.1) is 0 Å². The van der Waals surface area contributed by atoms with Gasteiger partial charge in [-0.3, -0.25) is 4.79 Å². The number of amides is 1. The fourth-order valence-corrected chi connectivity index (χ4v) is 3.85. The first kappa shape index (κ1) is 16.8. The summed E-state index contributed by atoms with van der Waals surface area (Å²) in [6.07, 6.45) is 2.75. The van der Waals surface area contributed by atoms with Gasteiger partial charge in [-0.1, -0.05) is 55.8 Å². The molecular weight excluding hydrogens is 322 g/mol. The minimum absolute atomic E-state index is 0.176. The van der Waals surface area contributed by atoms with E-state index in [9.17, 15) is 4.79 Å². The molecule has 0 N–H and O–H groups in total. The minimum atomic E-state index is 0.176. The van der Waals surface area contributed by atoms with Crippen LogP contribution in [0.3, 0.4) is 0 Å². The molecule has 0 saturated carbocycles. The van der Waals surface area contributed by atoms with E-state index in [2.05, 4.69) is 54.0 Å². The van der Waals surface area contributed by atoms with Crippen LogP contribution in [0.1, 0.15) is 43.5 Å². The van der Waals surface area contributed by atoms with Crippen molar-refractivity contribution in [1.29, 1.82) is 0 Å². The number of carbonyl (C=O) groups is 1. The molecule has 4 rings (SSSR count). The first-order valence-electron chi connectivity index (χ1n) is 9.53. The number of nitrogens with zero attached hydrogens (tertiary/aromatic N) is 3. The zero-order valence-electron chi connectivity index (χ0n) is 15.3. The standard InChI is InChI=1S/C22H25N3O/c1-2-3-13-24-16-18(14-21(24)26)22-23-19-11-7-8-12-20(19)25(22)15-17-9-5-4-6-10-17/h4-12,18H,2-3,13-16H2,1H3. The van der Waals surface area contributed by atoms with Crippen molar-refractivity contribution in [1.82, 2.24) is 14.5 Å². The molecule has 134 valence electrons. The molecule has 2 heterocycles. The average Bonchev–Trinajstić information content (AvgIpc) is 3.22. The summed E-state index contributed by atoms with van der Waals surface area (Å²) >= 11 is 0. The Morgan fingerprint density at radius 2 is 1.85 bits per heavy atom. The summed E-state index contributed by atoms with van der Waals surface area (Å²) in [6, 6.07) is 18.7. The van der Waals surface area contributed by atoms with E-state index in [0.29, 0.717) is 6.42 Å². The van der Waals surface area contributed by atoms with Crippen LogP contribution in [0.2, 0.25) is 0 Å². The number of para-hydroxylation sites is 2. The van der Waals surface area contributed by atoms with Gasteiger partial charge in [0.1, 0.15) is 5.82 Å². The van der Waals surface area contributed by atoms with Crippen molar-refractivity contribution in [3.8, 4) is 0 Å². The number of unbranched alkanes of at least 4 members (excludes halogenated alkanes) is 1. The van der Waals surface area contributed by atoms with E-state index in [-0.39, 0.29) is 11.8 Å². The number of likely N-dealkylation sites (tertiary alicyclic amines) is 1. The van der Waals surface area contributed by atoms with Crippen molar-refractivity contribution in [3.05, 3.63) is 66.0 Å². The third-order valence-electron chi connectivity index (χ3n) is 5.23. The van der Waals surface area contributed by atoms with E-state index in [0.717, 1.165) is 49.3 Å². The molecular formula is C22H25N3O. The van der Waals surface area contributed by atoms with E-state index < -0.39 is 0 Å². The van der Waals surface area contributed by atoms with Crippen LogP contribution in [0, 0.1) is 0 Å². The van der Waals surface area contributed by atoms with Crippen LogP contribution in [-0.2, 0) is 11.3 Å². The van der Waals surface area contributed by atoms with Crippen LogP contribution >= 0.6 is 0 Å². The Morgan fingerprint density at radius 1 is 1.08 bits per heavy atom. The summed E-state index contributed by atoms with van der Waals surface area (Å²) < 4.78 is 2.30. The summed E-state index contributed by atoms with van der Waals surface area (Å²) in [6.45, 7) is 4.61. The highest BCUT2D eigenvalue weighted by Gasteiger charge is 2.33. The van der Waals surface area contributed by atoms with E-state index in [1.165, 1.54) is 5.56 Å². The molecule has 1 aromatic heterocycles. The minimum Gasteiger partial charge on any atom is -0.342 e. The second-order valence-corrected chi connectivity index (χ2v) is 7.12. The van der Waals surface area contributed by atoms with Gasteiger partial charge in [0.2, 0.25) is 5.91 Å². The largest absolute Gasteiger partial charge is 0.342 e. The molecule has 1 atom stereocenters. The second-order valence-electron chi connectivity index (χ2n) is 7.12. The number of rotatable bonds is 6. The second kappa shape index (κ2) is 7.32. The zero-order chi connectivity index (χ0) is 17.9. The number of carbonyl (C=O) groups excluding carboxylic acids is 1. The number of aromatic nitrogens is 2. The molecule has 1 aliphatic rings. The lowest BCUT2D eigenvalue weighted by Gasteiger charge is -2.17. The lowest BCUT2D eigenvalue weighted by molar-refractivity contribution is -0.127. The van der Waals surface area contributed by atoms with Crippen LogP contribution in [0.25, 0.3) is 11.0 Å². The fourth-order valence-electron chi connectivity index (χ4n) is 3.85. The molecule has 0 aliphatic carbocycles. The zero-order valence-corrected chi connectivity index (χ0v) is 15.3. The Balaban J connectivity index is 1.68. The Morgan fingerprint density at radius 3 is 2.65 bits per heavy atom. The number of benzene rings is 2. The molecule has 1 saturated heterocycles. The Hall–Kier alpha value is -2.62. The molecule has 1 amide bonds. The number of imidazole rings is 1. The Labute approximate surface area is 154 Å². The van der Waals surface area contributed by atoms with Crippen molar-refractivity contribution in [2.45, 2.75) is 38.6 Å². The fraction of sp³-hybridized carbons (Fsp3) is 0.364. The van der Waals surface area contributed by atoms with E-state index >= 15 is 0 Å². The van der Waals surface area contributed by atoms with Crippen LogP contribution in [0.4, 0.5) is 0 Å². The highest BCUT2D eigenvalue weighted by atomic mass is 16.2. The highest BCUT2D eigenvalue weighted by molar-refractivity contribution is 5.81. The van der Waals surface area contributed by atoms with Gasteiger partial charge in [-0.05, 0) is 24.1 Å². The molecule has 1 aliphatic heterocycles. The molecule has 1 unspecified atom stereocenters. The smallest absolute Gasteiger partial charge is 0.223 e. The molecule has 3 aromatic rings. The van der Waals surface area contributed by atoms with Gasteiger partial charge in [0, 0.05) is 32.0 Å². The van der Waals surface area contributed by atoms with Crippen molar-refractivity contribution in [2.24, 2.45) is 0 Å². The normalized spacial score (nSPS) is 17.3. The van der Waals surface area contributed by atoms with Crippen molar-refractivity contribution >= 4 is 16.9 Å². The lowest BCUT2D eigenvalue weighted by Crippen LogP contribution is -2.26. The summed E-state index contributed by atoms with van der Waals surface area (Å²) in [5.41, 5.74) is 3.41. The Bertz CT molecular complexity index is 900. The summed E-state index contributed by atoms with van der Waals surface area (Å²) in [4.78, 5) is 19.4. The number of hydrogen-bond donors (Lipinski definition) is 0. The maximum atomic E-state index is 12.4. The maximum Gasteiger partial charge on any atom is 0.223 e. The van der Waals surface area contributed by atoms with Gasteiger partial charge in [0.25, 0.3) is 0 Å². The number of fused-ring (bicyclic) bond motifs is 1. The quantitative estimate of drug-likeness (QED) is 0.670. The molecule has 0 radical (unpaired) electrons. The summed E-state index contributed by atoms with van der Waals surface area (Å²) in [5.74, 6) is 1.49. The third-order valence-corrected chi connectivity index (χ3v) is 5.23. The van der Waals surface area contributed by atoms with E-state index in [4.69, 9.17) is 4.98 Å². The van der Waals surface area contributed by atoms with Gasteiger partial charge < -0.3 is 9.47 Å². The lowest BCUT2D eigenvalue weighted by atomic mass is 10.1. The predicted molar refractivity (Wildman–Crippen MR) is 104 cm³/mol. The molecule has 4 heteroatoms. The van der Waals surface area contributed by atoms with Gasteiger partial charge in [-0.2, -0.15) is 0 Å². The van der Waals surface area contributed by atoms with Gasteiger partial charge >= 0.3 is 0 Å². The van der Waals surface area contributed by atoms with Crippen LogP contribution in [0.15, 0.2) is 54.6 Å². The van der Waals surface area contributed by atoms with E-state index in [1.807, 2.05) is 17.0 Å². The molecule has 0 spiro atoms. The summed E-state index contributed by atoms with van der Waals surface area (Å²) in [5, 5.41) is 0. The first-order valence-corrected chi connectivity index (χ1v) is 9.53. The molecule has 0 bridgehead atoms. The van der Waals surface area contributed by atoms with Crippen molar-refractivity contribution < 1.29 is 4.79 Å². The van der Waals surface area contributed by atoms with Crippen LogP contribution < -0.4 is 0 Å². The predicted octanol–water partition coefficient (Wildman–Crippen LogP) is 4.20. The molecule has 26 heavy (non-hydrogen) atoms. The topological polar surface area (TPSA) is 38.1 Å². The SMILES string of the molecule is CCCCN1CC(c2nc3ccccc3n2Cc2ccccc2)CC1=O. The maximum absolute atomic E-state index is 12.4. The van der Waals surface area contributed by atoms with Crippen molar-refractivity contribution in [2.75, 3.05) is 13.1 Å². The summed E-state index contributed by atoms with van der Waals surface area (Å²) in [7, 11) is 0. The van der Waals surface area contributed by atoms with Gasteiger partial charge in [-0.25, -0.2) is 4.98 Å².